The van der Waals surface area contributed by atoms with Crippen molar-refractivity contribution in [1.29, 1.82) is 0 Å². The second kappa shape index (κ2) is 7.05. The fourth-order valence-electron chi connectivity index (χ4n) is 2.77. The number of carbonyl (C=O) groups is 1. The van der Waals surface area contributed by atoms with Crippen LogP contribution in [-0.2, 0) is 25.0 Å². The number of ether oxygens (including phenoxy) is 1. The fourth-order valence-corrected chi connectivity index (χ4v) is 2.95. The van der Waals surface area contributed by atoms with Gasteiger partial charge < -0.3 is 14.0 Å². The van der Waals surface area contributed by atoms with E-state index >= 15 is 0 Å². The molecule has 9 heteroatoms. The van der Waals surface area contributed by atoms with E-state index in [0.717, 1.165) is 12.1 Å². The number of methoxy groups -OCH3 is 1. The van der Waals surface area contributed by atoms with Gasteiger partial charge in [0.25, 0.3) is 0 Å². The lowest BCUT2D eigenvalue weighted by Gasteiger charge is -2.32. The maximum atomic E-state index is 13.5. The molecule has 1 heterocycles. The first-order valence-electron chi connectivity index (χ1n) is 8.07. The summed E-state index contributed by atoms with van der Waals surface area (Å²) in [6.07, 6.45) is -4.95. The molecule has 0 amide bonds. The molecular formula is C17H21BClF3O4. The van der Waals surface area contributed by atoms with E-state index < -0.39 is 41.8 Å². The minimum atomic E-state index is -4.61. The monoisotopic (exact) mass is 392 g/mol. The van der Waals surface area contributed by atoms with Crippen LogP contribution in [0.15, 0.2) is 18.2 Å². The van der Waals surface area contributed by atoms with E-state index in [1.54, 1.807) is 27.7 Å². The van der Waals surface area contributed by atoms with Crippen LogP contribution in [0, 0.1) is 0 Å². The van der Waals surface area contributed by atoms with Gasteiger partial charge in [0.2, 0.25) is 0 Å². The maximum absolute atomic E-state index is 13.5. The number of alkyl halides is 3. The number of rotatable bonds is 4. The summed E-state index contributed by atoms with van der Waals surface area (Å²) in [6, 6.07) is 3.25. The molecule has 2 rings (SSSR count). The molecule has 0 bridgehead atoms. The Morgan fingerprint density at radius 1 is 1.23 bits per heavy atom. The fraction of sp³-hybridized carbons (Fsp3) is 0.588. The first-order chi connectivity index (χ1) is 11.8. The number of halogens is 4. The van der Waals surface area contributed by atoms with Crippen molar-refractivity contribution in [2.75, 3.05) is 7.11 Å². The van der Waals surface area contributed by atoms with Crippen molar-refractivity contribution in [2.45, 2.75) is 57.3 Å². The SMILES string of the molecule is COC(=O)CC(B1OC(C)(C)C(C)(C)O1)c1cc(Cl)ccc1C(F)(F)F. The van der Waals surface area contributed by atoms with E-state index in [-0.39, 0.29) is 17.0 Å². The van der Waals surface area contributed by atoms with Gasteiger partial charge in [-0.15, -0.1) is 0 Å². The highest BCUT2D eigenvalue weighted by molar-refractivity contribution is 6.48. The van der Waals surface area contributed by atoms with Crippen molar-refractivity contribution < 1.29 is 32.0 Å². The van der Waals surface area contributed by atoms with Gasteiger partial charge in [0.15, 0.2) is 0 Å². The Balaban J connectivity index is 2.54. The van der Waals surface area contributed by atoms with Gasteiger partial charge >= 0.3 is 19.3 Å². The Hall–Kier alpha value is -1.25. The summed E-state index contributed by atoms with van der Waals surface area (Å²) < 4.78 is 57.0. The molecule has 0 spiro atoms. The molecule has 4 nitrogen and oxygen atoms in total. The van der Waals surface area contributed by atoms with Crippen molar-refractivity contribution in [3.05, 3.63) is 34.3 Å². The molecule has 1 aliphatic rings. The molecule has 144 valence electrons. The quantitative estimate of drug-likeness (QED) is 0.553. The summed E-state index contributed by atoms with van der Waals surface area (Å²) >= 11 is 5.94. The molecule has 0 saturated carbocycles. The zero-order valence-corrected chi connectivity index (χ0v) is 16.0. The first kappa shape index (κ1) is 21.1. The van der Waals surface area contributed by atoms with Crippen LogP contribution in [0.25, 0.3) is 0 Å². The van der Waals surface area contributed by atoms with E-state index in [9.17, 15) is 18.0 Å². The molecule has 26 heavy (non-hydrogen) atoms. The van der Waals surface area contributed by atoms with E-state index in [0.29, 0.717) is 0 Å². The van der Waals surface area contributed by atoms with E-state index in [1.807, 2.05) is 0 Å². The normalized spacial score (nSPS) is 20.1. The van der Waals surface area contributed by atoms with Crippen molar-refractivity contribution >= 4 is 24.7 Å². The van der Waals surface area contributed by atoms with Gasteiger partial charge in [-0.25, -0.2) is 0 Å². The predicted octanol–water partition coefficient (Wildman–Crippen LogP) is 4.64. The molecule has 1 fully saturated rings. The standard InChI is InChI=1S/C17H21BClF3O4/c1-15(2)16(3,4)26-18(25-15)13(9-14(23)24-5)11-8-10(19)6-7-12(11)17(20,21)22/h6-8,13H,9H2,1-5H3. The van der Waals surface area contributed by atoms with Crippen LogP contribution in [0.5, 0.6) is 0 Å². The minimum Gasteiger partial charge on any atom is -0.469 e. The number of hydrogen-bond acceptors (Lipinski definition) is 4. The number of carbonyl (C=O) groups excluding carboxylic acids is 1. The lowest BCUT2D eigenvalue weighted by Crippen LogP contribution is -2.41. The van der Waals surface area contributed by atoms with Gasteiger partial charge in [-0.1, -0.05) is 11.6 Å². The zero-order valence-electron chi connectivity index (χ0n) is 15.2. The summed E-state index contributed by atoms with van der Waals surface area (Å²) in [4.78, 5) is 11.9. The van der Waals surface area contributed by atoms with Crippen molar-refractivity contribution in [3.8, 4) is 0 Å². The summed E-state index contributed by atoms with van der Waals surface area (Å²) in [5.41, 5.74) is -2.56. The first-order valence-corrected chi connectivity index (χ1v) is 8.45. The Bertz CT molecular complexity index is 675. The van der Waals surface area contributed by atoms with Gasteiger partial charge in [-0.2, -0.15) is 13.2 Å². The van der Waals surface area contributed by atoms with Crippen LogP contribution in [0.3, 0.4) is 0 Å². The molecule has 0 aliphatic carbocycles. The highest BCUT2D eigenvalue weighted by Crippen LogP contribution is 2.45. The Labute approximate surface area is 156 Å². The van der Waals surface area contributed by atoms with Gasteiger partial charge in [-0.3, -0.25) is 4.79 Å². The van der Waals surface area contributed by atoms with E-state index in [2.05, 4.69) is 4.74 Å². The highest BCUT2D eigenvalue weighted by Gasteiger charge is 2.55. The van der Waals surface area contributed by atoms with E-state index in [1.165, 1.54) is 13.2 Å². The lowest BCUT2D eigenvalue weighted by atomic mass is 9.65. The van der Waals surface area contributed by atoms with Gasteiger partial charge in [0, 0.05) is 10.8 Å². The Morgan fingerprint density at radius 3 is 2.23 bits per heavy atom. The Kier molecular flexibility index (Phi) is 5.71. The summed E-state index contributed by atoms with van der Waals surface area (Å²) in [5.74, 6) is -1.70. The summed E-state index contributed by atoms with van der Waals surface area (Å²) in [6.45, 7) is 7.13. The summed E-state index contributed by atoms with van der Waals surface area (Å²) in [7, 11) is 0.116. The van der Waals surface area contributed by atoms with Crippen LogP contribution in [-0.4, -0.2) is 31.4 Å². The average molecular weight is 393 g/mol. The van der Waals surface area contributed by atoms with Crippen molar-refractivity contribution in [1.82, 2.24) is 0 Å². The van der Waals surface area contributed by atoms with Gasteiger partial charge in [0.1, 0.15) is 0 Å². The third-order valence-corrected chi connectivity index (χ3v) is 5.17. The molecular weight excluding hydrogens is 371 g/mol. The molecule has 1 aromatic carbocycles. The van der Waals surface area contributed by atoms with Crippen molar-refractivity contribution in [2.24, 2.45) is 0 Å². The van der Waals surface area contributed by atoms with Crippen LogP contribution >= 0.6 is 11.6 Å². The van der Waals surface area contributed by atoms with Crippen LogP contribution in [0.4, 0.5) is 13.2 Å². The van der Waals surface area contributed by atoms with Gasteiger partial charge in [-0.05, 0) is 51.5 Å². The number of hydrogen-bond donors (Lipinski definition) is 0. The zero-order chi connectivity index (χ0) is 19.9. The number of benzene rings is 1. The highest BCUT2D eigenvalue weighted by atomic mass is 35.5. The topological polar surface area (TPSA) is 44.8 Å². The Morgan fingerprint density at radius 2 is 1.77 bits per heavy atom. The predicted molar refractivity (Wildman–Crippen MR) is 91.9 cm³/mol. The second-order valence-electron chi connectivity index (χ2n) is 7.24. The van der Waals surface area contributed by atoms with Gasteiger partial charge in [0.05, 0.1) is 30.3 Å². The number of esters is 1. The molecule has 1 atom stereocenters. The van der Waals surface area contributed by atoms with Crippen LogP contribution in [0.2, 0.25) is 5.02 Å². The molecule has 0 aromatic heterocycles. The second-order valence-corrected chi connectivity index (χ2v) is 7.68. The minimum absolute atomic E-state index is 0.124. The molecule has 0 radical (unpaired) electrons. The molecule has 1 saturated heterocycles. The van der Waals surface area contributed by atoms with Crippen molar-refractivity contribution in [3.63, 3.8) is 0 Å². The molecule has 1 aromatic rings. The third kappa shape index (κ3) is 4.18. The lowest BCUT2D eigenvalue weighted by molar-refractivity contribution is -0.142. The smallest absolute Gasteiger partial charge is 0.466 e. The molecule has 0 N–H and O–H groups in total. The molecule has 1 unspecified atom stereocenters. The largest absolute Gasteiger partial charge is 0.469 e. The van der Waals surface area contributed by atoms with Crippen LogP contribution in [0.1, 0.15) is 51.1 Å². The molecule has 1 aliphatic heterocycles. The summed E-state index contributed by atoms with van der Waals surface area (Å²) in [5, 5.41) is 0.124. The van der Waals surface area contributed by atoms with E-state index in [4.69, 9.17) is 20.9 Å². The average Bonchev–Trinajstić information content (AvgIpc) is 2.71. The maximum Gasteiger partial charge on any atom is 0.466 e. The van der Waals surface area contributed by atoms with Crippen LogP contribution < -0.4 is 0 Å². The third-order valence-electron chi connectivity index (χ3n) is 4.93.